The van der Waals surface area contributed by atoms with Crippen LogP contribution in [-0.2, 0) is 0 Å². The Labute approximate surface area is 136 Å². The molecule has 1 amide bonds. The normalized spacial score (nSPS) is 14.8. The van der Waals surface area contributed by atoms with Crippen LogP contribution in [-0.4, -0.2) is 42.1 Å². The van der Waals surface area contributed by atoms with E-state index in [1.807, 2.05) is 0 Å². The van der Waals surface area contributed by atoms with Crippen molar-refractivity contribution in [1.82, 2.24) is 4.90 Å². The van der Waals surface area contributed by atoms with Crippen LogP contribution in [0.25, 0.3) is 0 Å². The highest BCUT2D eigenvalue weighted by molar-refractivity contribution is 5.98. The fourth-order valence-electron chi connectivity index (χ4n) is 2.45. The Morgan fingerprint density at radius 2 is 2.08 bits per heavy atom. The molecule has 1 aliphatic carbocycles. The molecule has 1 aromatic rings. The Bertz CT molecular complexity index is 630. The molecule has 0 atom stereocenters. The minimum absolute atomic E-state index is 0.238. The molecule has 6 nitrogen and oxygen atoms in total. The average molecular weight is 346 g/mol. The van der Waals surface area contributed by atoms with Crippen LogP contribution in [0, 0.1) is 16.0 Å². The molecule has 0 spiro atoms. The second-order valence-electron chi connectivity index (χ2n) is 5.82. The van der Waals surface area contributed by atoms with Crippen LogP contribution < -0.4 is 4.74 Å². The third-order valence-electron chi connectivity index (χ3n) is 3.90. The van der Waals surface area contributed by atoms with Gasteiger partial charge in [0.25, 0.3) is 11.6 Å². The van der Waals surface area contributed by atoms with Crippen molar-refractivity contribution in [2.75, 3.05) is 20.2 Å². The van der Waals surface area contributed by atoms with E-state index in [0.717, 1.165) is 37.5 Å². The maximum absolute atomic E-state index is 12.4. The van der Waals surface area contributed by atoms with E-state index in [9.17, 15) is 28.1 Å². The summed E-state index contributed by atoms with van der Waals surface area (Å²) in [4.78, 5) is 24.1. The van der Waals surface area contributed by atoms with Gasteiger partial charge in [0.15, 0.2) is 6.61 Å². The zero-order valence-corrected chi connectivity index (χ0v) is 13.0. The van der Waals surface area contributed by atoms with E-state index in [1.165, 1.54) is 11.9 Å². The molecular formula is C15H17F3N2O4. The van der Waals surface area contributed by atoms with Crippen molar-refractivity contribution in [3.05, 3.63) is 33.9 Å². The summed E-state index contributed by atoms with van der Waals surface area (Å²) >= 11 is 0. The Morgan fingerprint density at radius 3 is 2.58 bits per heavy atom. The van der Waals surface area contributed by atoms with E-state index in [0.29, 0.717) is 12.5 Å². The molecule has 1 fully saturated rings. The van der Waals surface area contributed by atoms with Crippen molar-refractivity contribution in [1.29, 1.82) is 0 Å². The highest BCUT2D eigenvalue weighted by Gasteiger charge is 2.30. The van der Waals surface area contributed by atoms with Crippen molar-refractivity contribution >= 4 is 11.6 Å². The zero-order valence-electron chi connectivity index (χ0n) is 13.0. The molecule has 132 valence electrons. The number of nitro groups is 1. The Kier molecular flexibility index (Phi) is 5.30. The number of hydrogen-bond acceptors (Lipinski definition) is 4. The summed E-state index contributed by atoms with van der Waals surface area (Å²) in [7, 11) is 1.52. The summed E-state index contributed by atoms with van der Waals surface area (Å²) < 4.78 is 41.2. The number of benzene rings is 1. The van der Waals surface area contributed by atoms with Gasteiger partial charge in [0.05, 0.1) is 4.92 Å². The molecule has 0 aliphatic heterocycles. The lowest BCUT2D eigenvalue weighted by Crippen LogP contribution is -2.34. The molecule has 0 heterocycles. The summed E-state index contributed by atoms with van der Waals surface area (Å²) in [6.45, 7) is -1.07. The largest absolute Gasteiger partial charge is 0.484 e. The maximum atomic E-state index is 12.4. The molecule has 0 unspecified atom stereocenters. The van der Waals surface area contributed by atoms with Gasteiger partial charge in [-0.3, -0.25) is 14.9 Å². The van der Waals surface area contributed by atoms with E-state index in [2.05, 4.69) is 4.74 Å². The van der Waals surface area contributed by atoms with E-state index >= 15 is 0 Å². The molecule has 0 N–H and O–H groups in total. The quantitative estimate of drug-likeness (QED) is 0.584. The number of nitro benzene ring substituents is 1. The van der Waals surface area contributed by atoms with Crippen LogP contribution in [0.3, 0.4) is 0 Å². The number of carbonyl (C=O) groups is 1. The smallest absolute Gasteiger partial charge is 0.422 e. The van der Waals surface area contributed by atoms with Gasteiger partial charge in [0.1, 0.15) is 11.3 Å². The van der Waals surface area contributed by atoms with Crippen molar-refractivity contribution < 1.29 is 27.6 Å². The molecule has 9 heteroatoms. The zero-order chi connectivity index (χ0) is 17.9. The summed E-state index contributed by atoms with van der Waals surface area (Å²) in [6, 6.07) is 3.02. The second-order valence-corrected chi connectivity index (χ2v) is 5.82. The van der Waals surface area contributed by atoms with Gasteiger partial charge >= 0.3 is 6.18 Å². The van der Waals surface area contributed by atoms with E-state index < -0.39 is 29.3 Å². The lowest BCUT2D eigenvalue weighted by atomic mass is 9.85. The maximum Gasteiger partial charge on any atom is 0.422 e. The molecule has 1 saturated carbocycles. The Hall–Kier alpha value is -2.32. The predicted molar refractivity (Wildman–Crippen MR) is 78.9 cm³/mol. The van der Waals surface area contributed by atoms with Crippen LogP contribution in [0.1, 0.15) is 29.6 Å². The number of alkyl halides is 3. The first-order valence-electron chi connectivity index (χ1n) is 7.41. The van der Waals surface area contributed by atoms with E-state index in [1.54, 1.807) is 0 Å². The van der Waals surface area contributed by atoms with Crippen molar-refractivity contribution in [2.45, 2.75) is 25.4 Å². The average Bonchev–Trinajstić information content (AvgIpc) is 2.46. The summed E-state index contributed by atoms with van der Waals surface area (Å²) in [5.41, 5.74) is -0.735. The van der Waals surface area contributed by atoms with Crippen LogP contribution in [0.4, 0.5) is 18.9 Å². The van der Waals surface area contributed by atoms with Gasteiger partial charge in [0, 0.05) is 19.7 Å². The molecule has 0 saturated heterocycles. The number of nitrogens with zero attached hydrogens (tertiary/aromatic N) is 2. The number of carbonyl (C=O) groups excluding carboxylic acids is 1. The minimum atomic E-state index is -4.53. The first-order valence-corrected chi connectivity index (χ1v) is 7.41. The summed E-state index contributed by atoms with van der Waals surface area (Å²) in [5, 5.41) is 11.1. The van der Waals surface area contributed by atoms with E-state index in [-0.39, 0.29) is 11.3 Å². The molecule has 2 rings (SSSR count). The number of rotatable bonds is 6. The number of ether oxygens (including phenoxy) is 1. The van der Waals surface area contributed by atoms with Gasteiger partial charge in [-0.25, -0.2) is 0 Å². The van der Waals surface area contributed by atoms with Crippen molar-refractivity contribution in [3.8, 4) is 5.75 Å². The van der Waals surface area contributed by atoms with Gasteiger partial charge in [-0.15, -0.1) is 0 Å². The van der Waals surface area contributed by atoms with Gasteiger partial charge in [-0.2, -0.15) is 13.2 Å². The number of halogens is 3. The Morgan fingerprint density at radius 1 is 1.42 bits per heavy atom. The molecule has 24 heavy (non-hydrogen) atoms. The number of hydrogen-bond donors (Lipinski definition) is 0. The first-order chi connectivity index (χ1) is 11.2. The number of amides is 1. The fourth-order valence-corrected chi connectivity index (χ4v) is 2.45. The molecule has 1 aromatic carbocycles. The lowest BCUT2D eigenvalue weighted by molar-refractivity contribution is -0.385. The standard InChI is InChI=1S/C15H17F3N2O4/c1-19(8-10-3-2-4-10)14(21)12-7-11(24-9-15(16,17)18)5-6-13(12)20(22)23/h5-7,10H,2-4,8-9H2,1H3. The van der Waals surface area contributed by atoms with Crippen LogP contribution >= 0.6 is 0 Å². The van der Waals surface area contributed by atoms with Crippen molar-refractivity contribution in [3.63, 3.8) is 0 Å². The van der Waals surface area contributed by atoms with Gasteiger partial charge in [0.2, 0.25) is 0 Å². The molecular weight excluding hydrogens is 329 g/mol. The summed E-state index contributed by atoms with van der Waals surface area (Å²) in [5.74, 6) is -0.480. The molecule has 0 bridgehead atoms. The molecule has 1 aliphatic rings. The van der Waals surface area contributed by atoms with Crippen LogP contribution in [0.5, 0.6) is 5.75 Å². The Balaban J connectivity index is 2.20. The third-order valence-corrected chi connectivity index (χ3v) is 3.90. The highest BCUT2D eigenvalue weighted by atomic mass is 19.4. The van der Waals surface area contributed by atoms with Gasteiger partial charge in [-0.1, -0.05) is 6.42 Å². The predicted octanol–water partition coefficient (Wildman–Crippen LogP) is 3.41. The van der Waals surface area contributed by atoms with Crippen LogP contribution in [0.2, 0.25) is 0 Å². The topological polar surface area (TPSA) is 72.7 Å². The lowest BCUT2D eigenvalue weighted by Gasteiger charge is -2.30. The second kappa shape index (κ2) is 7.06. The molecule has 0 aromatic heterocycles. The summed E-state index contributed by atoms with van der Waals surface area (Å²) in [6.07, 6.45) is -1.45. The van der Waals surface area contributed by atoms with Crippen LogP contribution in [0.15, 0.2) is 18.2 Å². The van der Waals surface area contributed by atoms with Gasteiger partial charge in [-0.05, 0) is 30.9 Å². The monoisotopic (exact) mass is 346 g/mol. The molecule has 0 radical (unpaired) electrons. The SMILES string of the molecule is CN(CC1CCC1)C(=O)c1cc(OCC(F)(F)F)ccc1[N+](=O)[O-]. The van der Waals surface area contributed by atoms with Crippen molar-refractivity contribution in [2.24, 2.45) is 5.92 Å². The minimum Gasteiger partial charge on any atom is -0.484 e. The van der Waals surface area contributed by atoms with E-state index in [4.69, 9.17) is 0 Å². The highest BCUT2D eigenvalue weighted by Crippen LogP contribution is 2.29. The first kappa shape index (κ1) is 18.0. The third kappa shape index (κ3) is 4.59. The fraction of sp³-hybridized carbons (Fsp3) is 0.533. The van der Waals surface area contributed by atoms with Gasteiger partial charge < -0.3 is 9.64 Å².